The van der Waals surface area contributed by atoms with Gasteiger partial charge in [-0.15, -0.1) is 0 Å². The van der Waals surface area contributed by atoms with Crippen molar-refractivity contribution in [1.29, 1.82) is 0 Å². The third-order valence-electron chi connectivity index (χ3n) is 3.87. The van der Waals surface area contributed by atoms with Crippen LogP contribution >= 0.6 is 0 Å². The number of ketones is 1. The Labute approximate surface area is 163 Å². The molecular weight excluding hydrogens is 380 g/mol. The van der Waals surface area contributed by atoms with Crippen LogP contribution in [0.5, 0.6) is 5.75 Å². The van der Waals surface area contributed by atoms with E-state index < -0.39 is 16.2 Å². The van der Waals surface area contributed by atoms with Crippen molar-refractivity contribution in [2.75, 3.05) is 0 Å². The van der Waals surface area contributed by atoms with E-state index in [0.717, 1.165) is 6.07 Å². The van der Waals surface area contributed by atoms with Crippen molar-refractivity contribution in [3.8, 4) is 5.75 Å². The molecule has 0 saturated carbocycles. The van der Waals surface area contributed by atoms with Crippen LogP contribution in [0.4, 0.5) is 0 Å². The number of phenols is 1. The molecule has 3 aromatic rings. The van der Waals surface area contributed by atoms with Crippen molar-refractivity contribution < 1.29 is 28.0 Å². The van der Waals surface area contributed by atoms with E-state index in [2.05, 4.69) is 0 Å². The molecule has 0 saturated heterocycles. The Morgan fingerprint density at radius 1 is 0.893 bits per heavy atom. The summed E-state index contributed by atoms with van der Waals surface area (Å²) in [6, 6.07) is 21.5. The third-order valence-corrected chi connectivity index (χ3v) is 4.87. The molecule has 0 aliphatic rings. The zero-order valence-electron chi connectivity index (χ0n) is 15.1. The van der Waals surface area contributed by atoms with Gasteiger partial charge < -0.3 is 10.2 Å². The number of rotatable bonds is 4. The van der Waals surface area contributed by atoms with Gasteiger partial charge >= 0.3 is 0 Å². The van der Waals surface area contributed by atoms with Gasteiger partial charge in [0.25, 0.3) is 10.1 Å². The zero-order chi connectivity index (χ0) is 20.7. The molecule has 3 rings (SSSR count). The Balaban J connectivity index is 0.000000209. The fraction of sp³-hybridized carbons (Fsp3) is 0.0952. The molecule has 146 valence electrons. The zero-order valence-corrected chi connectivity index (χ0v) is 15.9. The molecule has 3 aromatic carbocycles. The minimum absolute atomic E-state index is 0.187. The van der Waals surface area contributed by atoms with Crippen LogP contribution in [0.1, 0.15) is 27.6 Å². The molecule has 0 aliphatic carbocycles. The first-order valence-corrected chi connectivity index (χ1v) is 9.73. The molecule has 0 amide bonds. The van der Waals surface area contributed by atoms with E-state index in [1.54, 1.807) is 48.5 Å². The number of Topliss-reactive ketones (excluding diaryl/α,β-unsaturated/α-hetero) is 1. The van der Waals surface area contributed by atoms with E-state index in [9.17, 15) is 18.3 Å². The van der Waals surface area contributed by atoms with Gasteiger partial charge in [-0.3, -0.25) is 9.35 Å². The average molecular weight is 400 g/mol. The van der Waals surface area contributed by atoms with Crippen LogP contribution in [-0.4, -0.2) is 29.0 Å². The number of carbonyl (C=O) groups excluding carboxylic acids is 1. The van der Waals surface area contributed by atoms with Gasteiger partial charge in [-0.25, -0.2) is 0 Å². The van der Waals surface area contributed by atoms with Crippen molar-refractivity contribution in [2.45, 2.75) is 17.9 Å². The normalized spacial score (nSPS) is 11.8. The van der Waals surface area contributed by atoms with E-state index in [0.29, 0.717) is 16.7 Å². The van der Waals surface area contributed by atoms with Crippen molar-refractivity contribution >= 4 is 15.9 Å². The average Bonchev–Trinajstić information content (AvgIpc) is 2.70. The minimum Gasteiger partial charge on any atom is -0.508 e. The molecule has 1 atom stereocenters. The second kappa shape index (κ2) is 9.27. The van der Waals surface area contributed by atoms with Gasteiger partial charge in [0, 0.05) is 11.6 Å². The summed E-state index contributed by atoms with van der Waals surface area (Å²) in [7, 11) is -4.22. The summed E-state index contributed by atoms with van der Waals surface area (Å²) >= 11 is 0. The molecule has 0 spiro atoms. The van der Waals surface area contributed by atoms with Crippen LogP contribution in [0.15, 0.2) is 83.8 Å². The summed E-state index contributed by atoms with van der Waals surface area (Å²) in [5, 5.41) is 18.8. The SMILES string of the molecule is Cc1ccc(O)cc1S(=O)(=O)O.O=C(c1ccccc1)C(O)c1ccccc1. The van der Waals surface area contributed by atoms with E-state index >= 15 is 0 Å². The number of aliphatic hydroxyl groups excluding tert-OH is 1. The summed E-state index contributed by atoms with van der Waals surface area (Å²) in [6.07, 6.45) is -1.08. The maximum atomic E-state index is 11.9. The van der Waals surface area contributed by atoms with Crippen molar-refractivity contribution in [2.24, 2.45) is 0 Å². The Morgan fingerprint density at radius 2 is 1.43 bits per heavy atom. The predicted molar refractivity (Wildman–Crippen MR) is 105 cm³/mol. The van der Waals surface area contributed by atoms with E-state index in [-0.39, 0.29) is 16.4 Å². The molecule has 0 heterocycles. The topological polar surface area (TPSA) is 112 Å². The largest absolute Gasteiger partial charge is 0.508 e. The smallest absolute Gasteiger partial charge is 0.294 e. The van der Waals surface area contributed by atoms with Crippen molar-refractivity contribution in [3.05, 3.63) is 95.6 Å². The highest BCUT2D eigenvalue weighted by molar-refractivity contribution is 7.85. The Bertz CT molecular complexity index is 1030. The van der Waals surface area contributed by atoms with Crippen LogP contribution in [0.25, 0.3) is 0 Å². The summed E-state index contributed by atoms with van der Waals surface area (Å²) in [4.78, 5) is 11.6. The number of aliphatic hydroxyl groups is 1. The molecule has 7 heteroatoms. The highest BCUT2D eigenvalue weighted by Gasteiger charge is 2.18. The molecule has 3 N–H and O–H groups in total. The Kier molecular flexibility index (Phi) is 7.06. The lowest BCUT2D eigenvalue weighted by atomic mass is 10.0. The monoisotopic (exact) mass is 400 g/mol. The second-order valence-corrected chi connectivity index (χ2v) is 7.36. The number of phenolic OH excluding ortho intramolecular Hbond substituents is 1. The first-order chi connectivity index (χ1) is 13.2. The van der Waals surface area contributed by atoms with Crippen LogP contribution < -0.4 is 0 Å². The molecule has 6 nitrogen and oxygen atoms in total. The van der Waals surface area contributed by atoms with Gasteiger partial charge in [0.15, 0.2) is 5.78 Å². The van der Waals surface area contributed by atoms with Gasteiger partial charge in [-0.05, 0) is 24.1 Å². The highest BCUT2D eigenvalue weighted by Crippen LogP contribution is 2.20. The van der Waals surface area contributed by atoms with Crippen LogP contribution in [0.2, 0.25) is 0 Å². The first-order valence-electron chi connectivity index (χ1n) is 8.29. The maximum absolute atomic E-state index is 11.9. The van der Waals surface area contributed by atoms with Gasteiger partial charge in [-0.1, -0.05) is 66.7 Å². The summed E-state index contributed by atoms with van der Waals surface area (Å²) < 4.78 is 30.0. The van der Waals surface area contributed by atoms with Gasteiger partial charge in [-0.2, -0.15) is 8.42 Å². The molecule has 1 unspecified atom stereocenters. The molecule has 0 fully saturated rings. The van der Waals surface area contributed by atoms with Crippen molar-refractivity contribution in [3.63, 3.8) is 0 Å². The lowest BCUT2D eigenvalue weighted by Crippen LogP contribution is -2.11. The fourth-order valence-corrected chi connectivity index (χ4v) is 3.16. The van der Waals surface area contributed by atoms with Crippen LogP contribution in [0, 0.1) is 6.92 Å². The number of aromatic hydroxyl groups is 1. The summed E-state index contributed by atoms with van der Waals surface area (Å²) in [5.74, 6) is -0.458. The van der Waals surface area contributed by atoms with Crippen LogP contribution in [-0.2, 0) is 10.1 Å². The lowest BCUT2D eigenvalue weighted by molar-refractivity contribution is 0.0747. The van der Waals surface area contributed by atoms with E-state index in [4.69, 9.17) is 9.66 Å². The highest BCUT2D eigenvalue weighted by atomic mass is 32.2. The lowest BCUT2D eigenvalue weighted by Gasteiger charge is -2.09. The Morgan fingerprint density at radius 3 is 1.93 bits per heavy atom. The predicted octanol–water partition coefficient (Wildman–Crippen LogP) is 3.55. The minimum atomic E-state index is -4.22. The van der Waals surface area contributed by atoms with E-state index in [1.807, 2.05) is 12.1 Å². The summed E-state index contributed by atoms with van der Waals surface area (Å²) in [5.41, 5.74) is 1.55. The fourth-order valence-electron chi connectivity index (χ4n) is 2.41. The summed E-state index contributed by atoms with van der Waals surface area (Å²) in [6.45, 7) is 1.53. The number of benzene rings is 3. The van der Waals surface area contributed by atoms with Gasteiger partial charge in [0.1, 0.15) is 16.7 Å². The van der Waals surface area contributed by atoms with Gasteiger partial charge in [0.2, 0.25) is 0 Å². The molecule has 0 aromatic heterocycles. The number of hydrogen-bond donors (Lipinski definition) is 3. The van der Waals surface area contributed by atoms with Crippen molar-refractivity contribution in [1.82, 2.24) is 0 Å². The molecule has 0 radical (unpaired) electrons. The Hall–Kier alpha value is -3.00. The van der Waals surface area contributed by atoms with E-state index in [1.165, 1.54) is 19.1 Å². The quantitative estimate of drug-likeness (QED) is 0.456. The molecular formula is C21H20O6S. The second-order valence-electron chi connectivity index (χ2n) is 5.97. The third kappa shape index (κ3) is 5.75. The standard InChI is InChI=1S/C14H12O2.C7H8O4S/c15-13(11-7-3-1-4-8-11)14(16)12-9-5-2-6-10-12;1-5-2-3-6(8)4-7(5)12(9,10)11/h1-10,13,15H;2-4,8H,1H3,(H,9,10,11). The van der Waals surface area contributed by atoms with Gasteiger partial charge in [0.05, 0.1) is 0 Å². The first kappa shape index (κ1) is 21.3. The number of aryl methyl sites for hydroxylation is 1. The number of hydrogen-bond acceptors (Lipinski definition) is 5. The molecule has 28 heavy (non-hydrogen) atoms. The number of carbonyl (C=O) groups is 1. The maximum Gasteiger partial charge on any atom is 0.294 e. The van der Waals surface area contributed by atoms with Crippen LogP contribution in [0.3, 0.4) is 0 Å². The molecule has 0 aliphatic heterocycles. The molecule has 0 bridgehead atoms.